The lowest BCUT2D eigenvalue weighted by Gasteiger charge is -2.43. The van der Waals surface area contributed by atoms with E-state index in [4.69, 9.17) is 10.5 Å². The van der Waals surface area contributed by atoms with E-state index in [1.165, 1.54) is 0 Å². The topological polar surface area (TPSA) is 71.6 Å². The Balaban J connectivity index is 2.05. The Kier molecular flexibility index (Phi) is 3.47. The van der Waals surface area contributed by atoms with E-state index in [0.717, 1.165) is 23.1 Å². The predicted molar refractivity (Wildman–Crippen MR) is 84.4 cm³/mol. The number of pyridine rings is 1. The minimum absolute atomic E-state index is 0.0189. The van der Waals surface area contributed by atoms with Gasteiger partial charge in [-0.25, -0.2) is 0 Å². The molecule has 5 nitrogen and oxygen atoms in total. The number of morpholine rings is 1. The van der Waals surface area contributed by atoms with Gasteiger partial charge in [-0.05, 0) is 26.0 Å². The van der Waals surface area contributed by atoms with Crippen LogP contribution >= 0.6 is 0 Å². The van der Waals surface area contributed by atoms with Gasteiger partial charge in [-0.3, -0.25) is 4.98 Å². The molecule has 1 aromatic carbocycles. The predicted octanol–water partition coefficient (Wildman–Crippen LogP) is 1.79. The number of ether oxygens (including phenoxy) is 1. The number of nitrogen functional groups attached to an aromatic ring is 1. The molecule has 112 valence electrons. The lowest BCUT2D eigenvalue weighted by atomic mass is 10.0. The van der Waals surface area contributed by atoms with Crippen LogP contribution in [0.2, 0.25) is 0 Å². The van der Waals surface area contributed by atoms with Gasteiger partial charge in [-0.2, -0.15) is 0 Å². The van der Waals surface area contributed by atoms with E-state index in [9.17, 15) is 5.11 Å². The summed E-state index contributed by atoms with van der Waals surface area (Å²) >= 11 is 0. The highest BCUT2D eigenvalue weighted by molar-refractivity contribution is 5.98. The summed E-state index contributed by atoms with van der Waals surface area (Å²) in [5, 5.41) is 10.5. The lowest BCUT2D eigenvalue weighted by molar-refractivity contribution is -0.100. The van der Waals surface area contributed by atoms with E-state index in [-0.39, 0.29) is 18.3 Å². The maximum Gasteiger partial charge on any atom is 0.0988 e. The van der Waals surface area contributed by atoms with Crippen molar-refractivity contribution in [1.82, 2.24) is 4.98 Å². The van der Waals surface area contributed by atoms with Crippen molar-refractivity contribution >= 4 is 22.3 Å². The number of anilines is 2. The van der Waals surface area contributed by atoms with E-state index in [0.29, 0.717) is 12.2 Å². The molecule has 0 amide bonds. The summed E-state index contributed by atoms with van der Waals surface area (Å²) in [4.78, 5) is 6.62. The molecule has 2 heterocycles. The molecule has 3 rings (SSSR count). The van der Waals surface area contributed by atoms with E-state index >= 15 is 0 Å². The first-order valence-corrected chi connectivity index (χ1v) is 7.17. The average Bonchev–Trinajstić information content (AvgIpc) is 2.45. The highest BCUT2D eigenvalue weighted by atomic mass is 16.5. The van der Waals surface area contributed by atoms with Crippen LogP contribution in [-0.2, 0) is 4.74 Å². The SMILES string of the molecule is CC1(C)CN(c2ccnc3c(N)cccc23)CC(CO)O1. The van der Waals surface area contributed by atoms with Crippen LogP contribution in [0.25, 0.3) is 10.9 Å². The summed E-state index contributed by atoms with van der Waals surface area (Å²) in [7, 11) is 0. The second-order valence-electron chi connectivity index (χ2n) is 6.14. The Morgan fingerprint density at radius 2 is 2.24 bits per heavy atom. The molecular weight excluding hydrogens is 266 g/mol. The lowest BCUT2D eigenvalue weighted by Crippen LogP contribution is -2.54. The van der Waals surface area contributed by atoms with Crippen molar-refractivity contribution in [2.75, 3.05) is 30.3 Å². The van der Waals surface area contributed by atoms with Gasteiger partial charge in [0, 0.05) is 30.4 Å². The van der Waals surface area contributed by atoms with Crippen molar-refractivity contribution in [3.8, 4) is 0 Å². The molecule has 1 aliphatic heterocycles. The first-order valence-electron chi connectivity index (χ1n) is 7.17. The van der Waals surface area contributed by atoms with Crippen molar-refractivity contribution in [2.45, 2.75) is 25.6 Å². The molecule has 5 heteroatoms. The van der Waals surface area contributed by atoms with E-state index < -0.39 is 0 Å². The molecule has 1 fully saturated rings. The fraction of sp³-hybridized carbons (Fsp3) is 0.438. The number of nitrogens with zero attached hydrogens (tertiary/aromatic N) is 2. The van der Waals surface area contributed by atoms with Crippen LogP contribution in [0.5, 0.6) is 0 Å². The van der Waals surface area contributed by atoms with Gasteiger partial charge in [0.15, 0.2) is 0 Å². The molecule has 0 saturated carbocycles. The molecule has 0 aliphatic carbocycles. The van der Waals surface area contributed by atoms with Gasteiger partial charge in [0.05, 0.1) is 29.5 Å². The molecule has 0 radical (unpaired) electrons. The second kappa shape index (κ2) is 5.16. The van der Waals surface area contributed by atoms with Crippen molar-refractivity contribution in [3.63, 3.8) is 0 Å². The molecule has 0 bridgehead atoms. The van der Waals surface area contributed by atoms with Crippen LogP contribution < -0.4 is 10.6 Å². The van der Waals surface area contributed by atoms with Crippen LogP contribution in [0.1, 0.15) is 13.8 Å². The molecule has 3 N–H and O–H groups in total. The highest BCUT2D eigenvalue weighted by Crippen LogP contribution is 2.32. The van der Waals surface area contributed by atoms with Crippen LogP contribution in [0.3, 0.4) is 0 Å². The number of nitrogens with two attached hydrogens (primary N) is 1. The summed E-state index contributed by atoms with van der Waals surface area (Å²) in [6.07, 6.45) is 1.60. The Bertz CT molecular complexity index is 657. The maximum absolute atomic E-state index is 9.46. The number of aromatic nitrogens is 1. The van der Waals surface area contributed by atoms with Gasteiger partial charge in [-0.1, -0.05) is 12.1 Å². The van der Waals surface area contributed by atoms with E-state index in [1.807, 2.05) is 38.1 Å². The average molecular weight is 287 g/mol. The van der Waals surface area contributed by atoms with Gasteiger partial charge in [0.1, 0.15) is 0 Å². The molecule has 21 heavy (non-hydrogen) atoms. The number of aliphatic hydroxyl groups is 1. The number of aliphatic hydroxyl groups excluding tert-OH is 1. The molecule has 1 atom stereocenters. The van der Waals surface area contributed by atoms with Crippen molar-refractivity contribution in [2.24, 2.45) is 0 Å². The smallest absolute Gasteiger partial charge is 0.0988 e. The quantitative estimate of drug-likeness (QED) is 0.824. The van der Waals surface area contributed by atoms with Crippen LogP contribution in [-0.4, -0.2) is 41.5 Å². The Labute approximate surface area is 124 Å². The fourth-order valence-electron chi connectivity index (χ4n) is 3.03. The summed E-state index contributed by atoms with van der Waals surface area (Å²) < 4.78 is 5.88. The Hall–Kier alpha value is -1.85. The number of benzene rings is 1. The molecule has 1 saturated heterocycles. The van der Waals surface area contributed by atoms with Gasteiger partial charge in [0.25, 0.3) is 0 Å². The van der Waals surface area contributed by atoms with Crippen molar-refractivity contribution in [3.05, 3.63) is 30.5 Å². The van der Waals surface area contributed by atoms with Gasteiger partial charge in [0.2, 0.25) is 0 Å². The summed E-state index contributed by atoms with van der Waals surface area (Å²) in [6.45, 7) is 5.52. The zero-order valence-corrected chi connectivity index (χ0v) is 12.4. The zero-order valence-electron chi connectivity index (χ0n) is 12.4. The normalized spacial score (nSPS) is 21.7. The number of para-hydroxylation sites is 1. The number of rotatable bonds is 2. The third-order valence-corrected chi connectivity index (χ3v) is 3.80. The minimum atomic E-state index is -0.304. The van der Waals surface area contributed by atoms with Gasteiger partial charge < -0.3 is 20.5 Å². The Morgan fingerprint density at radius 1 is 1.43 bits per heavy atom. The van der Waals surface area contributed by atoms with Gasteiger partial charge in [-0.15, -0.1) is 0 Å². The van der Waals surface area contributed by atoms with E-state index in [2.05, 4.69) is 9.88 Å². The van der Waals surface area contributed by atoms with Crippen molar-refractivity contribution in [1.29, 1.82) is 0 Å². The molecule has 1 aliphatic rings. The standard InChI is InChI=1S/C16H21N3O2/c1-16(2)10-19(8-11(9-20)21-16)14-6-7-18-15-12(14)4-3-5-13(15)17/h3-7,11,20H,8-10,17H2,1-2H3. The molecule has 1 aromatic heterocycles. The molecular formula is C16H21N3O2. The summed E-state index contributed by atoms with van der Waals surface area (Å²) in [5.74, 6) is 0. The first-order chi connectivity index (χ1) is 10.00. The third-order valence-electron chi connectivity index (χ3n) is 3.80. The molecule has 1 unspecified atom stereocenters. The largest absolute Gasteiger partial charge is 0.397 e. The summed E-state index contributed by atoms with van der Waals surface area (Å²) in [5.41, 5.74) is 8.30. The minimum Gasteiger partial charge on any atom is -0.397 e. The van der Waals surface area contributed by atoms with Crippen LogP contribution in [0.15, 0.2) is 30.5 Å². The Morgan fingerprint density at radius 3 is 3.00 bits per heavy atom. The highest BCUT2D eigenvalue weighted by Gasteiger charge is 2.33. The molecule has 0 spiro atoms. The van der Waals surface area contributed by atoms with Gasteiger partial charge >= 0.3 is 0 Å². The van der Waals surface area contributed by atoms with Crippen LogP contribution in [0, 0.1) is 0 Å². The maximum atomic E-state index is 9.46. The molecule has 2 aromatic rings. The monoisotopic (exact) mass is 287 g/mol. The third kappa shape index (κ3) is 2.66. The number of hydrogen-bond donors (Lipinski definition) is 2. The summed E-state index contributed by atoms with van der Waals surface area (Å²) in [6, 6.07) is 7.83. The van der Waals surface area contributed by atoms with Crippen molar-refractivity contribution < 1.29 is 9.84 Å². The van der Waals surface area contributed by atoms with Crippen LogP contribution in [0.4, 0.5) is 11.4 Å². The second-order valence-corrected chi connectivity index (χ2v) is 6.14. The van der Waals surface area contributed by atoms with E-state index in [1.54, 1.807) is 6.20 Å². The first kappa shape index (κ1) is 14.1. The fourth-order valence-corrected chi connectivity index (χ4v) is 3.03. The zero-order chi connectivity index (χ0) is 15.0. The number of hydrogen-bond acceptors (Lipinski definition) is 5. The number of fused-ring (bicyclic) bond motifs is 1.